The summed E-state index contributed by atoms with van der Waals surface area (Å²) in [5, 5.41) is 23.7. The summed E-state index contributed by atoms with van der Waals surface area (Å²) in [6.07, 6.45) is 0. The fraction of sp³-hybridized carbons (Fsp3) is 0.300. The number of halogens is 2. The van der Waals surface area contributed by atoms with Gasteiger partial charge >= 0.3 is 0 Å². The Morgan fingerprint density at radius 3 is 1.87 bits per heavy atom. The molecule has 1 amide bonds. The summed E-state index contributed by atoms with van der Waals surface area (Å²) in [7, 11) is 0. The molecule has 1 aliphatic rings. The van der Waals surface area contributed by atoms with Crippen molar-refractivity contribution in [1.29, 1.82) is 0 Å². The molecule has 158 valence electrons. The van der Waals surface area contributed by atoms with E-state index in [0.717, 1.165) is 11.1 Å². The Bertz CT molecular complexity index is 881. The van der Waals surface area contributed by atoms with Crippen molar-refractivity contribution in [2.45, 2.75) is 6.04 Å². The highest BCUT2D eigenvalue weighted by atomic mass is 35.5. The van der Waals surface area contributed by atoms with E-state index in [4.69, 9.17) is 28.4 Å². The summed E-state index contributed by atoms with van der Waals surface area (Å²) < 4.78 is 0. The van der Waals surface area contributed by atoms with Crippen LogP contribution in [0.25, 0.3) is 0 Å². The maximum Gasteiger partial charge on any atom is 0.278 e. The van der Waals surface area contributed by atoms with Gasteiger partial charge in [-0.1, -0.05) is 52.6 Å². The molecule has 8 nitrogen and oxygen atoms in total. The van der Waals surface area contributed by atoms with Gasteiger partial charge in [0, 0.05) is 41.1 Å². The Balaban J connectivity index is 1.78. The third kappa shape index (κ3) is 5.27. The van der Waals surface area contributed by atoms with Crippen LogP contribution in [-0.2, 0) is 4.79 Å². The molecule has 2 aromatic carbocycles. The number of oxime groups is 1. The molecule has 0 aromatic heterocycles. The predicted molar refractivity (Wildman–Crippen MR) is 114 cm³/mol. The summed E-state index contributed by atoms with van der Waals surface area (Å²) >= 11 is 12.1. The molecular weight excluding hydrogens is 431 g/mol. The maximum atomic E-state index is 12.4. The van der Waals surface area contributed by atoms with Crippen LogP contribution in [0.15, 0.2) is 53.7 Å². The summed E-state index contributed by atoms with van der Waals surface area (Å²) in [5.74, 6) is -0.622. The van der Waals surface area contributed by atoms with Gasteiger partial charge in [-0.05, 0) is 35.4 Å². The van der Waals surface area contributed by atoms with Crippen molar-refractivity contribution in [3.63, 3.8) is 0 Å². The zero-order valence-electron chi connectivity index (χ0n) is 15.9. The smallest absolute Gasteiger partial charge is 0.278 e. The van der Waals surface area contributed by atoms with Crippen LogP contribution in [0.3, 0.4) is 0 Å². The number of carbonyl (C=O) groups is 1. The third-order valence-corrected chi connectivity index (χ3v) is 5.49. The second kappa shape index (κ2) is 9.88. The Labute approximate surface area is 183 Å². The van der Waals surface area contributed by atoms with Crippen LogP contribution in [-0.4, -0.2) is 64.3 Å². The van der Waals surface area contributed by atoms with E-state index in [-0.39, 0.29) is 6.04 Å². The lowest BCUT2D eigenvalue weighted by atomic mass is 9.96. The molecule has 1 N–H and O–H groups in total. The van der Waals surface area contributed by atoms with Crippen molar-refractivity contribution in [1.82, 2.24) is 9.80 Å². The van der Waals surface area contributed by atoms with Crippen LogP contribution in [0.1, 0.15) is 17.2 Å². The predicted octanol–water partition coefficient (Wildman–Crippen LogP) is 3.33. The third-order valence-electron chi connectivity index (χ3n) is 4.98. The molecule has 10 heteroatoms. The van der Waals surface area contributed by atoms with E-state index in [1.165, 1.54) is 4.90 Å². The largest absolute Gasteiger partial charge is 0.410 e. The van der Waals surface area contributed by atoms with Crippen LogP contribution in [0.5, 0.6) is 0 Å². The summed E-state index contributed by atoms with van der Waals surface area (Å²) in [6.45, 7) is 0.978. The van der Waals surface area contributed by atoms with Crippen molar-refractivity contribution in [2.75, 3.05) is 32.7 Å². The lowest BCUT2D eigenvalue weighted by Crippen LogP contribution is -2.52. The topological polar surface area (TPSA) is 99.3 Å². The number of hydrogen-bond acceptors (Lipinski definition) is 6. The number of amides is 1. The van der Waals surface area contributed by atoms with Gasteiger partial charge in [0.15, 0.2) is 0 Å². The van der Waals surface area contributed by atoms with Gasteiger partial charge < -0.3 is 10.1 Å². The molecule has 1 heterocycles. The van der Waals surface area contributed by atoms with Gasteiger partial charge in [0.25, 0.3) is 12.5 Å². The Morgan fingerprint density at radius 2 is 1.47 bits per heavy atom. The number of piperazine rings is 1. The van der Waals surface area contributed by atoms with Crippen molar-refractivity contribution in [3.05, 3.63) is 79.8 Å². The van der Waals surface area contributed by atoms with Crippen molar-refractivity contribution in [3.8, 4) is 0 Å². The van der Waals surface area contributed by atoms with E-state index >= 15 is 0 Å². The van der Waals surface area contributed by atoms with Gasteiger partial charge in [-0.25, -0.2) is 0 Å². The van der Waals surface area contributed by atoms with Gasteiger partial charge in [0.05, 0.1) is 6.04 Å². The molecule has 1 aliphatic heterocycles. The highest BCUT2D eigenvalue weighted by Gasteiger charge is 2.31. The highest BCUT2D eigenvalue weighted by molar-refractivity contribution is 6.39. The minimum absolute atomic E-state index is 0.0680. The van der Waals surface area contributed by atoms with Gasteiger partial charge in [-0.2, -0.15) is 0 Å². The average Bonchev–Trinajstić information content (AvgIpc) is 2.75. The lowest BCUT2D eigenvalue weighted by Gasteiger charge is -2.39. The zero-order valence-corrected chi connectivity index (χ0v) is 17.5. The zero-order chi connectivity index (χ0) is 21.7. The summed E-state index contributed by atoms with van der Waals surface area (Å²) in [5.41, 5.74) is 1.63. The molecule has 30 heavy (non-hydrogen) atoms. The molecule has 1 fully saturated rings. The van der Waals surface area contributed by atoms with E-state index in [1.54, 1.807) is 0 Å². The molecule has 3 rings (SSSR count). The van der Waals surface area contributed by atoms with Crippen molar-refractivity contribution in [2.24, 2.45) is 5.16 Å². The summed E-state index contributed by atoms with van der Waals surface area (Å²) in [6, 6.07) is 15.1. The first kappa shape index (κ1) is 22.0. The highest BCUT2D eigenvalue weighted by Crippen LogP contribution is 2.31. The Hall–Kier alpha value is -2.68. The van der Waals surface area contributed by atoms with Crippen molar-refractivity contribution < 1.29 is 14.9 Å². The van der Waals surface area contributed by atoms with E-state index in [2.05, 4.69) is 10.1 Å². The first-order valence-electron chi connectivity index (χ1n) is 9.26. The second-order valence-corrected chi connectivity index (χ2v) is 7.74. The van der Waals surface area contributed by atoms with Crippen LogP contribution < -0.4 is 0 Å². The first-order valence-corrected chi connectivity index (χ1v) is 10.0. The number of nitro groups is 1. The monoisotopic (exact) mass is 450 g/mol. The van der Waals surface area contributed by atoms with Crippen molar-refractivity contribution >= 4 is 34.8 Å². The second-order valence-electron chi connectivity index (χ2n) is 6.87. The molecule has 2 aromatic rings. The molecule has 0 unspecified atom stereocenters. The van der Waals surface area contributed by atoms with Gasteiger partial charge in [-0.15, -0.1) is 0 Å². The fourth-order valence-electron chi connectivity index (χ4n) is 3.53. The lowest BCUT2D eigenvalue weighted by molar-refractivity contribution is -0.463. The average molecular weight is 451 g/mol. The molecule has 0 saturated carbocycles. The van der Waals surface area contributed by atoms with Gasteiger partial charge in [0.2, 0.25) is 5.71 Å². The van der Waals surface area contributed by atoms with E-state index in [9.17, 15) is 14.9 Å². The Kier molecular flexibility index (Phi) is 7.25. The minimum Gasteiger partial charge on any atom is -0.410 e. The number of benzene rings is 2. The minimum atomic E-state index is -0.812. The van der Waals surface area contributed by atoms with E-state index < -0.39 is 23.1 Å². The SMILES string of the molecule is O=C(/C(C[N+](=O)[O-])=N/O)N1CCN(C(c2ccc(Cl)cc2)c2ccc(Cl)cc2)CC1. The van der Waals surface area contributed by atoms with Crippen LogP contribution in [0.2, 0.25) is 10.0 Å². The quantitative estimate of drug-likeness (QED) is 0.314. The molecule has 0 aliphatic carbocycles. The van der Waals surface area contributed by atoms with Crippen LogP contribution in [0.4, 0.5) is 0 Å². The van der Waals surface area contributed by atoms with Gasteiger partial charge in [-0.3, -0.25) is 19.8 Å². The number of hydrogen-bond donors (Lipinski definition) is 1. The van der Waals surface area contributed by atoms with Crippen LogP contribution >= 0.6 is 23.2 Å². The molecular formula is C20H20Cl2N4O4. The molecule has 0 radical (unpaired) electrons. The Morgan fingerprint density at radius 1 is 1.00 bits per heavy atom. The first-order chi connectivity index (χ1) is 14.4. The standard InChI is InChI=1S/C20H20Cl2N4O4/c21-16-5-1-14(2-6-16)19(15-3-7-17(22)8-4-15)24-9-11-25(12-10-24)20(27)18(23-28)13-26(29)30/h1-8,19,28H,9-13H2/b23-18+. The molecule has 0 spiro atoms. The molecule has 0 atom stereocenters. The number of nitrogens with zero attached hydrogens (tertiary/aromatic N) is 4. The van der Waals surface area contributed by atoms with Crippen LogP contribution in [0, 0.1) is 10.1 Å². The normalized spacial score (nSPS) is 15.4. The number of rotatable bonds is 6. The summed E-state index contributed by atoms with van der Waals surface area (Å²) in [4.78, 5) is 26.1. The fourth-order valence-corrected chi connectivity index (χ4v) is 3.79. The molecule has 0 bridgehead atoms. The number of carbonyl (C=O) groups excluding carboxylic acids is 1. The van der Waals surface area contributed by atoms with Gasteiger partial charge in [0.1, 0.15) is 0 Å². The van der Waals surface area contributed by atoms with E-state index in [0.29, 0.717) is 36.2 Å². The van der Waals surface area contributed by atoms with E-state index in [1.807, 2.05) is 48.5 Å². The molecule has 1 saturated heterocycles. The maximum absolute atomic E-state index is 12.4.